The van der Waals surface area contributed by atoms with Crippen molar-refractivity contribution < 1.29 is 19.1 Å². The highest BCUT2D eigenvalue weighted by atomic mass is 16.5. The molecule has 0 unspecified atom stereocenters. The van der Waals surface area contributed by atoms with Gasteiger partial charge in [0.2, 0.25) is 5.91 Å². The van der Waals surface area contributed by atoms with Gasteiger partial charge in [0.15, 0.2) is 0 Å². The van der Waals surface area contributed by atoms with E-state index in [1.807, 2.05) is 54.6 Å². The van der Waals surface area contributed by atoms with E-state index in [2.05, 4.69) is 0 Å². The average molecular weight is 325 g/mol. The maximum Gasteiger partial charge on any atom is 0.311 e. The molecule has 1 aliphatic rings. The molecule has 1 saturated heterocycles. The molecule has 0 radical (unpaired) electrons. The Morgan fingerprint density at radius 1 is 1.12 bits per heavy atom. The van der Waals surface area contributed by atoms with Crippen LogP contribution >= 0.6 is 0 Å². The van der Waals surface area contributed by atoms with E-state index in [0.29, 0.717) is 13.2 Å². The molecule has 1 fully saturated rings. The van der Waals surface area contributed by atoms with Crippen LogP contribution in [-0.4, -0.2) is 25.5 Å². The summed E-state index contributed by atoms with van der Waals surface area (Å²) in [6.45, 7) is 0.850. The number of carbonyl (C=O) groups is 2. The SMILES string of the molecule is COC(=O)[C@H]1CC(=O)N(c2ccc(OCc3ccccc3)cc2)C1. The second-order valence-electron chi connectivity index (χ2n) is 5.70. The normalized spacial score (nSPS) is 17.0. The molecule has 3 rings (SSSR count). The number of esters is 1. The summed E-state index contributed by atoms with van der Waals surface area (Å²) in [5.41, 5.74) is 1.86. The lowest BCUT2D eigenvalue weighted by Crippen LogP contribution is -2.26. The van der Waals surface area contributed by atoms with E-state index in [1.165, 1.54) is 7.11 Å². The second kappa shape index (κ2) is 7.17. The van der Waals surface area contributed by atoms with Crippen molar-refractivity contribution in [1.82, 2.24) is 0 Å². The fourth-order valence-corrected chi connectivity index (χ4v) is 2.74. The van der Waals surface area contributed by atoms with E-state index >= 15 is 0 Å². The maximum absolute atomic E-state index is 12.1. The van der Waals surface area contributed by atoms with Gasteiger partial charge in [-0.05, 0) is 29.8 Å². The Hall–Kier alpha value is -2.82. The van der Waals surface area contributed by atoms with Gasteiger partial charge in [0.05, 0.1) is 13.0 Å². The van der Waals surface area contributed by atoms with Crippen LogP contribution in [0, 0.1) is 5.92 Å². The molecule has 1 atom stereocenters. The van der Waals surface area contributed by atoms with Gasteiger partial charge >= 0.3 is 5.97 Å². The van der Waals surface area contributed by atoms with Crippen molar-refractivity contribution in [2.75, 3.05) is 18.6 Å². The molecule has 5 nitrogen and oxygen atoms in total. The van der Waals surface area contributed by atoms with Gasteiger partial charge in [0, 0.05) is 18.7 Å². The third-order valence-corrected chi connectivity index (χ3v) is 4.06. The van der Waals surface area contributed by atoms with Crippen LogP contribution in [-0.2, 0) is 20.9 Å². The van der Waals surface area contributed by atoms with Crippen LogP contribution in [0.1, 0.15) is 12.0 Å². The molecule has 2 aromatic carbocycles. The van der Waals surface area contributed by atoms with Crippen LogP contribution < -0.4 is 9.64 Å². The van der Waals surface area contributed by atoms with Crippen molar-refractivity contribution in [1.29, 1.82) is 0 Å². The van der Waals surface area contributed by atoms with Crippen LogP contribution in [0.5, 0.6) is 5.75 Å². The summed E-state index contributed by atoms with van der Waals surface area (Å²) in [5.74, 6) is -0.0627. The molecule has 1 amide bonds. The number of rotatable bonds is 5. The lowest BCUT2D eigenvalue weighted by Gasteiger charge is -2.17. The third kappa shape index (κ3) is 3.56. The molecule has 0 spiro atoms. The minimum Gasteiger partial charge on any atom is -0.489 e. The van der Waals surface area contributed by atoms with Gasteiger partial charge in [-0.2, -0.15) is 0 Å². The van der Waals surface area contributed by atoms with Crippen LogP contribution in [0.3, 0.4) is 0 Å². The van der Waals surface area contributed by atoms with Crippen molar-refractivity contribution in [2.24, 2.45) is 5.92 Å². The number of amides is 1. The summed E-state index contributed by atoms with van der Waals surface area (Å²) in [7, 11) is 1.34. The Morgan fingerprint density at radius 3 is 2.50 bits per heavy atom. The summed E-state index contributed by atoms with van der Waals surface area (Å²) in [6, 6.07) is 17.2. The Kier molecular flexibility index (Phi) is 4.79. The highest BCUT2D eigenvalue weighted by Gasteiger charge is 2.35. The third-order valence-electron chi connectivity index (χ3n) is 4.06. The smallest absolute Gasteiger partial charge is 0.311 e. The minimum absolute atomic E-state index is 0.0663. The summed E-state index contributed by atoms with van der Waals surface area (Å²) in [6.07, 6.45) is 0.193. The van der Waals surface area contributed by atoms with Crippen molar-refractivity contribution in [3.63, 3.8) is 0 Å². The minimum atomic E-state index is -0.392. The van der Waals surface area contributed by atoms with Gasteiger partial charge in [-0.25, -0.2) is 0 Å². The number of hydrogen-bond acceptors (Lipinski definition) is 4. The van der Waals surface area contributed by atoms with Crippen LogP contribution in [0.2, 0.25) is 0 Å². The van der Waals surface area contributed by atoms with E-state index in [0.717, 1.165) is 17.0 Å². The molecule has 0 aromatic heterocycles. The van der Waals surface area contributed by atoms with Gasteiger partial charge in [-0.15, -0.1) is 0 Å². The van der Waals surface area contributed by atoms with E-state index < -0.39 is 5.92 Å². The lowest BCUT2D eigenvalue weighted by molar-refractivity contribution is -0.145. The van der Waals surface area contributed by atoms with Gasteiger partial charge in [-0.3, -0.25) is 9.59 Å². The van der Waals surface area contributed by atoms with E-state index in [-0.39, 0.29) is 18.3 Å². The highest BCUT2D eigenvalue weighted by Crippen LogP contribution is 2.27. The van der Waals surface area contributed by atoms with Gasteiger partial charge in [0.1, 0.15) is 12.4 Å². The number of benzene rings is 2. The molecule has 0 aliphatic carbocycles. The molecule has 24 heavy (non-hydrogen) atoms. The van der Waals surface area contributed by atoms with E-state index in [4.69, 9.17) is 9.47 Å². The fourth-order valence-electron chi connectivity index (χ4n) is 2.74. The zero-order chi connectivity index (χ0) is 16.9. The summed E-state index contributed by atoms with van der Waals surface area (Å²) < 4.78 is 10.5. The number of carbonyl (C=O) groups excluding carboxylic acids is 2. The highest BCUT2D eigenvalue weighted by molar-refractivity contribution is 5.99. The van der Waals surface area contributed by atoms with Crippen molar-refractivity contribution in [3.05, 3.63) is 60.2 Å². The first-order chi connectivity index (χ1) is 11.7. The first-order valence-corrected chi connectivity index (χ1v) is 7.82. The molecular formula is C19H19NO4. The Morgan fingerprint density at radius 2 is 1.83 bits per heavy atom. The standard InChI is InChI=1S/C19H19NO4/c1-23-19(22)15-11-18(21)20(12-15)16-7-9-17(10-8-16)24-13-14-5-3-2-4-6-14/h2-10,15H,11-13H2,1H3/t15-/m0/s1. The van der Waals surface area contributed by atoms with Crippen LogP contribution in [0.25, 0.3) is 0 Å². The van der Waals surface area contributed by atoms with Crippen molar-refractivity contribution in [3.8, 4) is 5.75 Å². The maximum atomic E-state index is 12.1. The molecule has 124 valence electrons. The molecular weight excluding hydrogens is 306 g/mol. The number of ether oxygens (including phenoxy) is 2. The Bertz CT molecular complexity index is 712. The summed E-state index contributed by atoms with van der Waals surface area (Å²) >= 11 is 0. The number of methoxy groups -OCH3 is 1. The topological polar surface area (TPSA) is 55.8 Å². The van der Waals surface area contributed by atoms with Crippen LogP contribution in [0.15, 0.2) is 54.6 Å². The molecule has 0 saturated carbocycles. The number of nitrogens with zero attached hydrogens (tertiary/aromatic N) is 1. The van der Waals surface area contributed by atoms with E-state index in [1.54, 1.807) is 4.90 Å². The van der Waals surface area contributed by atoms with Gasteiger partial charge in [0.25, 0.3) is 0 Å². The largest absolute Gasteiger partial charge is 0.489 e. The number of anilines is 1. The number of hydrogen-bond donors (Lipinski definition) is 0. The molecule has 2 aromatic rings. The molecule has 5 heteroatoms. The van der Waals surface area contributed by atoms with Crippen LogP contribution in [0.4, 0.5) is 5.69 Å². The Balaban J connectivity index is 1.62. The zero-order valence-electron chi connectivity index (χ0n) is 13.5. The zero-order valence-corrected chi connectivity index (χ0v) is 13.5. The monoisotopic (exact) mass is 325 g/mol. The van der Waals surface area contributed by atoms with Crippen molar-refractivity contribution in [2.45, 2.75) is 13.0 Å². The quantitative estimate of drug-likeness (QED) is 0.793. The summed E-state index contributed by atoms with van der Waals surface area (Å²) in [5, 5.41) is 0. The molecule has 0 bridgehead atoms. The molecule has 0 N–H and O–H groups in total. The summed E-state index contributed by atoms with van der Waals surface area (Å²) in [4.78, 5) is 25.3. The first-order valence-electron chi connectivity index (χ1n) is 7.82. The van der Waals surface area contributed by atoms with Gasteiger partial charge < -0.3 is 14.4 Å². The van der Waals surface area contributed by atoms with Crippen molar-refractivity contribution >= 4 is 17.6 Å². The predicted octanol–water partition coefficient (Wildman–Crippen LogP) is 2.79. The molecule has 1 aliphatic heterocycles. The average Bonchev–Trinajstić information content (AvgIpc) is 3.02. The lowest BCUT2D eigenvalue weighted by atomic mass is 10.1. The first kappa shape index (κ1) is 16.1. The fraction of sp³-hybridized carbons (Fsp3) is 0.263. The molecule has 1 heterocycles. The Labute approximate surface area is 140 Å². The van der Waals surface area contributed by atoms with E-state index in [9.17, 15) is 9.59 Å². The predicted molar refractivity (Wildman–Crippen MR) is 89.7 cm³/mol. The van der Waals surface area contributed by atoms with Gasteiger partial charge in [-0.1, -0.05) is 30.3 Å². The second-order valence-corrected chi connectivity index (χ2v) is 5.70.